The minimum Gasteiger partial charge on any atom is -0.497 e. The average molecular weight is 380 g/mol. The van der Waals surface area contributed by atoms with E-state index in [2.05, 4.69) is 30.4 Å². The first-order chi connectivity index (χ1) is 12.2. The first-order valence-corrected chi connectivity index (χ1v) is 8.73. The molecule has 0 spiro atoms. The number of ether oxygens (including phenoxy) is 3. The van der Waals surface area contributed by atoms with Crippen molar-refractivity contribution in [2.45, 2.75) is 32.2 Å². The van der Waals surface area contributed by atoms with Gasteiger partial charge in [0.25, 0.3) is 0 Å². The number of benzene rings is 2. The fraction of sp³-hybridized carbons (Fsp3) is 0.429. The van der Waals surface area contributed by atoms with Crippen molar-refractivity contribution < 1.29 is 14.2 Å². The summed E-state index contributed by atoms with van der Waals surface area (Å²) in [5.41, 5.74) is 2.59. The molecule has 1 atom stereocenters. The Morgan fingerprint density at radius 3 is 2.08 bits per heavy atom. The van der Waals surface area contributed by atoms with Crippen LogP contribution in [0.1, 0.15) is 24.5 Å². The molecule has 0 fully saturated rings. The molecule has 4 nitrogen and oxygen atoms in total. The Morgan fingerprint density at radius 2 is 1.46 bits per heavy atom. The van der Waals surface area contributed by atoms with Crippen LogP contribution in [-0.4, -0.2) is 33.9 Å². The lowest BCUT2D eigenvalue weighted by molar-refractivity contribution is 0.354. The highest BCUT2D eigenvalue weighted by Gasteiger charge is 2.06. The van der Waals surface area contributed by atoms with Gasteiger partial charge in [-0.25, -0.2) is 0 Å². The first kappa shape index (κ1) is 22.1. The second-order valence-corrected chi connectivity index (χ2v) is 6.18. The van der Waals surface area contributed by atoms with Crippen molar-refractivity contribution in [3.63, 3.8) is 0 Å². The van der Waals surface area contributed by atoms with Crippen molar-refractivity contribution in [1.29, 1.82) is 0 Å². The molecule has 0 heterocycles. The van der Waals surface area contributed by atoms with E-state index >= 15 is 0 Å². The maximum absolute atomic E-state index is 5.35. The van der Waals surface area contributed by atoms with Gasteiger partial charge in [-0.15, -0.1) is 12.4 Å². The monoisotopic (exact) mass is 379 g/mol. The second kappa shape index (κ2) is 11.7. The van der Waals surface area contributed by atoms with E-state index < -0.39 is 0 Å². The number of aryl methyl sites for hydroxylation is 1. The number of rotatable bonds is 10. The molecule has 2 aromatic rings. The zero-order valence-corrected chi connectivity index (χ0v) is 16.9. The third-order valence-corrected chi connectivity index (χ3v) is 4.38. The molecule has 0 aliphatic rings. The molecule has 0 radical (unpaired) electrons. The fourth-order valence-corrected chi connectivity index (χ4v) is 2.78. The summed E-state index contributed by atoms with van der Waals surface area (Å²) < 4.78 is 15.8. The minimum atomic E-state index is 0. The summed E-state index contributed by atoms with van der Waals surface area (Å²) in [7, 11) is 5.02. The summed E-state index contributed by atoms with van der Waals surface area (Å²) in [5.74, 6) is 2.46. The van der Waals surface area contributed by atoms with E-state index in [0.29, 0.717) is 6.04 Å². The molecule has 0 bridgehead atoms. The number of nitrogens with one attached hydrogen (secondary N) is 1. The Kier molecular flexibility index (Phi) is 9.92. The van der Waals surface area contributed by atoms with Crippen molar-refractivity contribution in [3.05, 3.63) is 53.6 Å². The van der Waals surface area contributed by atoms with Gasteiger partial charge in [0, 0.05) is 6.04 Å². The van der Waals surface area contributed by atoms with Gasteiger partial charge in [-0.1, -0.05) is 18.2 Å². The maximum atomic E-state index is 5.35. The Labute approximate surface area is 163 Å². The van der Waals surface area contributed by atoms with E-state index in [1.165, 1.54) is 11.1 Å². The highest BCUT2D eigenvalue weighted by molar-refractivity contribution is 5.85. The zero-order chi connectivity index (χ0) is 18.1. The van der Waals surface area contributed by atoms with Crippen molar-refractivity contribution in [3.8, 4) is 17.2 Å². The normalized spacial score (nSPS) is 11.4. The highest BCUT2D eigenvalue weighted by atomic mass is 35.5. The van der Waals surface area contributed by atoms with Crippen LogP contribution in [-0.2, 0) is 12.8 Å². The quantitative estimate of drug-likeness (QED) is 0.668. The van der Waals surface area contributed by atoms with Crippen LogP contribution in [0.2, 0.25) is 0 Å². The van der Waals surface area contributed by atoms with E-state index in [0.717, 1.165) is 43.1 Å². The SMILES string of the molecule is COc1ccc(CC[C@@H](C)NCCc2ccc(OC)c(OC)c2)cc1.Cl. The average Bonchev–Trinajstić information content (AvgIpc) is 2.66. The second-order valence-electron chi connectivity index (χ2n) is 6.18. The summed E-state index contributed by atoms with van der Waals surface area (Å²) in [5, 5.41) is 3.59. The smallest absolute Gasteiger partial charge is 0.160 e. The number of methoxy groups -OCH3 is 3. The fourth-order valence-electron chi connectivity index (χ4n) is 2.78. The third-order valence-electron chi connectivity index (χ3n) is 4.38. The molecule has 0 aliphatic carbocycles. The van der Waals surface area contributed by atoms with E-state index in [-0.39, 0.29) is 12.4 Å². The predicted octanol–water partition coefficient (Wildman–Crippen LogP) is 4.29. The molecule has 2 aromatic carbocycles. The summed E-state index contributed by atoms with van der Waals surface area (Å²) in [4.78, 5) is 0. The van der Waals surface area contributed by atoms with Crippen LogP contribution in [0.25, 0.3) is 0 Å². The van der Waals surface area contributed by atoms with Crippen molar-refractivity contribution in [1.82, 2.24) is 5.32 Å². The van der Waals surface area contributed by atoms with Gasteiger partial charge in [-0.3, -0.25) is 0 Å². The standard InChI is InChI=1S/C21H29NO3.ClH/c1-16(5-6-17-7-10-19(23-2)11-8-17)22-14-13-18-9-12-20(24-3)21(15-18)25-4;/h7-12,15-16,22H,5-6,13-14H2,1-4H3;1H/t16-;/m1./s1. The van der Waals surface area contributed by atoms with E-state index in [4.69, 9.17) is 14.2 Å². The first-order valence-electron chi connectivity index (χ1n) is 8.73. The van der Waals surface area contributed by atoms with E-state index in [1.54, 1.807) is 21.3 Å². The Hall–Kier alpha value is -1.91. The van der Waals surface area contributed by atoms with Crippen LogP contribution < -0.4 is 19.5 Å². The largest absolute Gasteiger partial charge is 0.497 e. The van der Waals surface area contributed by atoms with Gasteiger partial charge in [0.1, 0.15) is 5.75 Å². The van der Waals surface area contributed by atoms with Crippen LogP contribution >= 0.6 is 12.4 Å². The molecule has 1 N–H and O–H groups in total. The molecule has 0 saturated heterocycles. The van der Waals surface area contributed by atoms with Crippen molar-refractivity contribution >= 4 is 12.4 Å². The van der Waals surface area contributed by atoms with Crippen LogP contribution in [0.5, 0.6) is 17.2 Å². The molecule has 0 unspecified atom stereocenters. The minimum absolute atomic E-state index is 0. The molecule has 5 heteroatoms. The number of hydrogen-bond acceptors (Lipinski definition) is 4. The zero-order valence-electron chi connectivity index (χ0n) is 16.1. The molecule has 0 aromatic heterocycles. The van der Waals surface area contributed by atoms with Gasteiger partial charge in [-0.2, -0.15) is 0 Å². The third kappa shape index (κ3) is 6.77. The van der Waals surface area contributed by atoms with Crippen molar-refractivity contribution in [2.24, 2.45) is 0 Å². The van der Waals surface area contributed by atoms with Gasteiger partial charge in [0.15, 0.2) is 11.5 Å². The Morgan fingerprint density at radius 1 is 0.808 bits per heavy atom. The van der Waals surface area contributed by atoms with Gasteiger partial charge >= 0.3 is 0 Å². The van der Waals surface area contributed by atoms with Gasteiger partial charge in [0.05, 0.1) is 21.3 Å². The Bertz CT molecular complexity index is 646. The van der Waals surface area contributed by atoms with Gasteiger partial charge in [0.2, 0.25) is 0 Å². The summed E-state index contributed by atoms with van der Waals surface area (Å²) >= 11 is 0. The lowest BCUT2D eigenvalue weighted by Crippen LogP contribution is -2.28. The van der Waals surface area contributed by atoms with Crippen molar-refractivity contribution in [2.75, 3.05) is 27.9 Å². The number of hydrogen-bond donors (Lipinski definition) is 1. The lowest BCUT2D eigenvalue weighted by Gasteiger charge is -2.15. The van der Waals surface area contributed by atoms with Gasteiger partial charge in [-0.05, 0) is 68.1 Å². The topological polar surface area (TPSA) is 39.7 Å². The van der Waals surface area contributed by atoms with Crippen LogP contribution in [0.4, 0.5) is 0 Å². The van der Waals surface area contributed by atoms with Crippen LogP contribution in [0, 0.1) is 0 Å². The molecular formula is C21H30ClNO3. The predicted molar refractivity (Wildman–Crippen MR) is 109 cm³/mol. The summed E-state index contributed by atoms with van der Waals surface area (Å²) in [6.07, 6.45) is 3.14. The molecule has 144 valence electrons. The summed E-state index contributed by atoms with van der Waals surface area (Å²) in [6.45, 7) is 3.18. The molecule has 0 amide bonds. The highest BCUT2D eigenvalue weighted by Crippen LogP contribution is 2.27. The summed E-state index contributed by atoms with van der Waals surface area (Å²) in [6, 6.07) is 14.9. The van der Waals surface area contributed by atoms with E-state index in [1.807, 2.05) is 24.3 Å². The Balaban J connectivity index is 0.00000338. The molecule has 0 saturated carbocycles. The lowest BCUT2D eigenvalue weighted by atomic mass is 10.1. The molecular weight excluding hydrogens is 350 g/mol. The number of halogens is 1. The maximum Gasteiger partial charge on any atom is 0.160 e. The van der Waals surface area contributed by atoms with E-state index in [9.17, 15) is 0 Å². The molecule has 26 heavy (non-hydrogen) atoms. The van der Waals surface area contributed by atoms with Crippen LogP contribution in [0.3, 0.4) is 0 Å². The van der Waals surface area contributed by atoms with Gasteiger partial charge < -0.3 is 19.5 Å². The molecule has 2 rings (SSSR count). The molecule has 0 aliphatic heterocycles. The van der Waals surface area contributed by atoms with Crippen LogP contribution in [0.15, 0.2) is 42.5 Å².